The van der Waals surface area contributed by atoms with Gasteiger partial charge < -0.3 is 4.90 Å². The molecule has 0 aliphatic carbocycles. The third-order valence-corrected chi connectivity index (χ3v) is 3.91. The molecule has 4 nitrogen and oxygen atoms in total. The van der Waals surface area contributed by atoms with Crippen LogP contribution in [0.5, 0.6) is 0 Å². The Morgan fingerprint density at radius 2 is 1.95 bits per heavy atom. The van der Waals surface area contributed by atoms with Crippen molar-refractivity contribution in [2.45, 2.75) is 19.4 Å². The minimum atomic E-state index is -0.0991. The van der Waals surface area contributed by atoms with Crippen molar-refractivity contribution in [3.63, 3.8) is 0 Å². The van der Waals surface area contributed by atoms with Gasteiger partial charge in [-0.3, -0.25) is 9.59 Å². The van der Waals surface area contributed by atoms with Crippen molar-refractivity contribution in [2.75, 3.05) is 18.6 Å². The number of Topliss-reactive ketones (excluding diaryl/α,β-unsaturated/α-hetero) is 1. The lowest BCUT2D eigenvalue weighted by Gasteiger charge is -2.22. The Kier molecular flexibility index (Phi) is 6.82. The first-order valence-corrected chi connectivity index (χ1v) is 7.50. The van der Waals surface area contributed by atoms with E-state index in [2.05, 4.69) is 0 Å². The normalized spacial score (nSPS) is 11.4. The van der Waals surface area contributed by atoms with Gasteiger partial charge in [0.25, 0.3) is 0 Å². The highest BCUT2D eigenvalue weighted by molar-refractivity contribution is 8.00. The number of rotatable bonds is 7. The Balaban J connectivity index is 2.36. The van der Waals surface area contributed by atoms with Crippen molar-refractivity contribution < 1.29 is 9.59 Å². The number of thioether (sulfide) groups is 1. The number of benzene rings is 1. The third-order valence-electron chi connectivity index (χ3n) is 3.00. The maximum absolute atomic E-state index is 11.9. The van der Waals surface area contributed by atoms with E-state index in [1.54, 1.807) is 24.1 Å². The van der Waals surface area contributed by atoms with Gasteiger partial charge in [0.2, 0.25) is 5.91 Å². The van der Waals surface area contributed by atoms with Crippen molar-refractivity contribution in [1.82, 2.24) is 4.90 Å². The monoisotopic (exact) mass is 290 g/mol. The van der Waals surface area contributed by atoms with Gasteiger partial charge in [0.1, 0.15) is 0 Å². The predicted molar refractivity (Wildman–Crippen MR) is 80.6 cm³/mol. The Hall–Kier alpha value is -1.80. The molecule has 1 atom stereocenters. The van der Waals surface area contributed by atoms with E-state index >= 15 is 0 Å². The molecule has 0 spiro atoms. The van der Waals surface area contributed by atoms with Crippen LogP contribution in [-0.4, -0.2) is 41.2 Å². The van der Waals surface area contributed by atoms with Crippen LogP contribution in [0, 0.1) is 11.3 Å². The van der Waals surface area contributed by atoms with E-state index in [0.717, 1.165) is 0 Å². The lowest BCUT2D eigenvalue weighted by Crippen LogP contribution is -2.36. The Morgan fingerprint density at radius 3 is 2.55 bits per heavy atom. The van der Waals surface area contributed by atoms with Gasteiger partial charge in [0.05, 0.1) is 24.0 Å². The molecule has 1 rings (SSSR count). The number of carbonyl (C=O) groups is 2. The lowest BCUT2D eigenvalue weighted by molar-refractivity contribution is -0.128. The van der Waals surface area contributed by atoms with E-state index in [1.807, 2.05) is 31.2 Å². The molecule has 1 amide bonds. The molecule has 0 N–H and O–H groups in total. The van der Waals surface area contributed by atoms with E-state index in [-0.39, 0.29) is 29.2 Å². The maximum atomic E-state index is 11.9. The fourth-order valence-corrected chi connectivity index (χ4v) is 2.39. The molecular formula is C15H18N2O2S. The van der Waals surface area contributed by atoms with Crippen LogP contribution in [0.4, 0.5) is 0 Å². The average Bonchev–Trinajstić information content (AvgIpc) is 2.47. The van der Waals surface area contributed by atoms with E-state index in [9.17, 15) is 9.59 Å². The molecule has 1 unspecified atom stereocenters. The van der Waals surface area contributed by atoms with Crippen LogP contribution in [-0.2, 0) is 4.79 Å². The minimum Gasteiger partial charge on any atom is -0.341 e. The largest absolute Gasteiger partial charge is 0.341 e. The Labute approximate surface area is 123 Å². The summed E-state index contributed by atoms with van der Waals surface area (Å²) in [4.78, 5) is 25.3. The van der Waals surface area contributed by atoms with E-state index < -0.39 is 0 Å². The highest BCUT2D eigenvalue weighted by atomic mass is 32.2. The molecule has 0 aliphatic rings. The SMILES string of the molecule is CC(CC#N)N(C)C(=O)CSCC(=O)c1ccccc1. The maximum Gasteiger partial charge on any atom is 0.232 e. The zero-order valence-electron chi connectivity index (χ0n) is 11.7. The van der Waals surface area contributed by atoms with Crippen LogP contribution in [0.15, 0.2) is 30.3 Å². The minimum absolute atomic E-state index is 0.0242. The average molecular weight is 290 g/mol. The van der Waals surface area contributed by atoms with E-state index in [1.165, 1.54) is 11.8 Å². The summed E-state index contributed by atoms with van der Waals surface area (Å²) < 4.78 is 0. The van der Waals surface area contributed by atoms with Crippen LogP contribution in [0.25, 0.3) is 0 Å². The van der Waals surface area contributed by atoms with Crippen LogP contribution < -0.4 is 0 Å². The lowest BCUT2D eigenvalue weighted by atomic mass is 10.2. The van der Waals surface area contributed by atoms with Gasteiger partial charge >= 0.3 is 0 Å². The van der Waals surface area contributed by atoms with Gasteiger partial charge in [-0.2, -0.15) is 5.26 Å². The fraction of sp³-hybridized carbons (Fsp3) is 0.400. The molecule has 1 aromatic carbocycles. The highest BCUT2D eigenvalue weighted by Crippen LogP contribution is 2.09. The van der Waals surface area contributed by atoms with Crippen molar-refractivity contribution in [3.8, 4) is 6.07 Å². The fourth-order valence-electron chi connectivity index (χ4n) is 1.56. The second kappa shape index (κ2) is 8.39. The quantitative estimate of drug-likeness (QED) is 0.723. The first-order valence-electron chi connectivity index (χ1n) is 6.35. The van der Waals surface area contributed by atoms with Crippen LogP contribution in [0.1, 0.15) is 23.7 Å². The highest BCUT2D eigenvalue weighted by Gasteiger charge is 2.16. The van der Waals surface area contributed by atoms with Gasteiger partial charge in [0, 0.05) is 18.7 Å². The zero-order valence-corrected chi connectivity index (χ0v) is 12.5. The number of amides is 1. The van der Waals surface area contributed by atoms with Crippen molar-refractivity contribution in [2.24, 2.45) is 0 Å². The van der Waals surface area contributed by atoms with Crippen molar-refractivity contribution in [1.29, 1.82) is 5.26 Å². The molecule has 0 saturated carbocycles. The van der Waals surface area contributed by atoms with Gasteiger partial charge in [-0.15, -0.1) is 11.8 Å². The summed E-state index contributed by atoms with van der Waals surface area (Å²) in [5, 5.41) is 8.60. The number of ketones is 1. The number of nitriles is 1. The Morgan fingerprint density at radius 1 is 1.30 bits per heavy atom. The molecule has 0 saturated heterocycles. The molecule has 20 heavy (non-hydrogen) atoms. The van der Waals surface area contributed by atoms with E-state index in [0.29, 0.717) is 12.0 Å². The summed E-state index contributed by atoms with van der Waals surface area (Å²) in [6.07, 6.45) is 0.315. The molecule has 5 heteroatoms. The molecule has 0 aliphatic heterocycles. The number of carbonyl (C=O) groups excluding carboxylic acids is 2. The standard InChI is InChI=1S/C15H18N2O2S/c1-12(8-9-16)17(2)15(19)11-20-10-14(18)13-6-4-3-5-7-13/h3-7,12H,8,10-11H2,1-2H3. The molecule has 106 valence electrons. The van der Waals surface area contributed by atoms with Crippen molar-refractivity contribution >= 4 is 23.5 Å². The van der Waals surface area contributed by atoms with Gasteiger partial charge in [-0.25, -0.2) is 0 Å². The smallest absolute Gasteiger partial charge is 0.232 e. The molecule has 0 radical (unpaired) electrons. The molecule has 1 aromatic rings. The van der Waals surface area contributed by atoms with Gasteiger partial charge in [-0.05, 0) is 6.92 Å². The second-order valence-corrected chi connectivity index (χ2v) is 5.48. The Bertz CT molecular complexity index is 496. The summed E-state index contributed by atoms with van der Waals surface area (Å²) in [6, 6.07) is 11.0. The first-order chi connectivity index (χ1) is 9.56. The topological polar surface area (TPSA) is 61.2 Å². The molecule has 0 bridgehead atoms. The summed E-state index contributed by atoms with van der Waals surface area (Å²) in [5.74, 6) is 0.510. The number of hydrogen-bond donors (Lipinski definition) is 0. The molecule has 0 heterocycles. The van der Waals surface area contributed by atoms with Gasteiger partial charge in [-0.1, -0.05) is 30.3 Å². The zero-order chi connectivity index (χ0) is 15.0. The van der Waals surface area contributed by atoms with E-state index in [4.69, 9.17) is 5.26 Å². The van der Waals surface area contributed by atoms with Crippen molar-refractivity contribution in [3.05, 3.63) is 35.9 Å². The predicted octanol–water partition coefficient (Wildman–Crippen LogP) is 2.36. The third kappa shape index (κ3) is 5.06. The summed E-state index contributed by atoms with van der Waals surface area (Å²) in [5.41, 5.74) is 0.665. The summed E-state index contributed by atoms with van der Waals surface area (Å²) in [6.45, 7) is 1.83. The molecular weight excluding hydrogens is 272 g/mol. The number of nitrogens with zero attached hydrogens (tertiary/aromatic N) is 2. The van der Waals surface area contributed by atoms with Gasteiger partial charge in [0.15, 0.2) is 5.78 Å². The van der Waals surface area contributed by atoms with Crippen LogP contribution in [0.2, 0.25) is 0 Å². The number of hydrogen-bond acceptors (Lipinski definition) is 4. The van der Waals surface area contributed by atoms with Crippen LogP contribution >= 0.6 is 11.8 Å². The first kappa shape index (κ1) is 16.3. The molecule has 0 fully saturated rings. The van der Waals surface area contributed by atoms with Crippen LogP contribution in [0.3, 0.4) is 0 Å². The second-order valence-electron chi connectivity index (χ2n) is 4.50. The molecule has 0 aromatic heterocycles. The summed E-state index contributed by atoms with van der Waals surface area (Å²) >= 11 is 1.30. The summed E-state index contributed by atoms with van der Waals surface area (Å²) in [7, 11) is 1.68.